The molecular weight excluding hydrogens is 201 g/mol. The maximum Gasteiger partial charge on any atom is 0.471 e. The average molecular weight is 208 g/mol. The van der Waals surface area contributed by atoms with Crippen LogP contribution < -0.4 is 5.32 Å². The van der Waals surface area contributed by atoms with E-state index in [4.69, 9.17) is 0 Å². The highest BCUT2D eigenvalue weighted by Gasteiger charge is 2.39. The number of rotatable bonds is 1. The Morgan fingerprint density at radius 2 is 2.00 bits per heavy atom. The van der Waals surface area contributed by atoms with Crippen molar-refractivity contribution in [1.29, 1.82) is 0 Å². The van der Waals surface area contributed by atoms with Gasteiger partial charge >= 0.3 is 12.1 Å². The molecule has 0 bridgehead atoms. The van der Waals surface area contributed by atoms with Crippen LogP contribution in [0.25, 0.3) is 0 Å². The molecule has 0 saturated carbocycles. The molecule has 7 heteroatoms. The number of anilines is 1. The van der Waals surface area contributed by atoms with E-state index in [1.165, 1.54) is 6.92 Å². The number of aromatic nitrogens is 1. The Hall–Kier alpha value is -1.53. The smallest absolute Gasteiger partial charge is 0.338 e. The SMILES string of the molecule is Cc1noc(NC(=O)C(F)(F)F)c1C. The van der Waals surface area contributed by atoms with Gasteiger partial charge in [-0.2, -0.15) is 13.2 Å². The number of halogens is 3. The van der Waals surface area contributed by atoms with Gasteiger partial charge in [-0.3, -0.25) is 10.1 Å². The normalized spacial score (nSPS) is 11.5. The largest absolute Gasteiger partial charge is 0.471 e. The van der Waals surface area contributed by atoms with Crippen LogP contribution in [0.2, 0.25) is 0 Å². The molecule has 4 nitrogen and oxygen atoms in total. The number of alkyl halides is 3. The molecule has 14 heavy (non-hydrogen) atoms. The molecule has 0 fully saturated rings. The summed E-state index contributed by atoms with van der Waals surface area (Å²) >= 11 is 0. The lowest BCUT2D eigenvalue weighted by Gasteiger charge is -2.04. The van der Waals surface area contributed by atoms with Crippen LogP contribution in [0.3, 0.4) is 0 Å². The zero-order valence-electron chi connectivity index (χ0n) is 7.40. The molecule has 0 radical (unpaired) electrons. The summed E-state index contributed by atoms with van der Waals surface area (Å²) in [5.74, 6) is -2.35. The Morgan fingerprint density at radius 1 is 1.43 bits per heavy atom. The van der Waals surface area contributed by atoms with E-state index in [-0.39, 0.29) is 5.88 Å². The second-order valence-corrected chi connectivity index (χ2v) is 2.67. The topological polar surface area (TPSA) is 55.1 Å². The van der Waals surface area contributed by atoms with E-state index in [1.807, 2.05) is 0 Å². The van der Waals surface area contributed by atoms with Crippen LogP contribution >= 0.6 is 0 Å². The fourth-order valence-electron chi connectivity index (χ4n) is 0.706. The summed E-state index contributed by atoms with van der Waals surface area (Å²) in [6, 6.07) is 0. The lowest BCUT2D eigenvalue weighted by Crippen LogP contribution is -2.30. The molecule has 0 aliphatic carbocycles. The van der Waals surface area contributed by atoms with Crippen molar-refractivity contribution in [1.82, 2.24) is 5.16 Å². The number of hydrogen-bond acceptors (Lipinski definition) is 3. The summed E-state index contributed by atoms with van der Waals surface area (Å²) in [6.07, 6.45) is -4.92. The van der Waals surface area contributed by atoms with Crippen molar-refractivity contribution in [3.8, 4) is 0 Å². The quantitative estimate of drug-likeness (QED) is 0.765. The summed E-state index contributed by atoms with van der Waals surface area (Å²) in [6.45, 7) is 3.06. The van der Waals surface area contributed by atoms with E-state index in [2.05, 4.69) is 9.68 Å². The molecule has 1 amide bonds. The predicted octanol–water partition coefficient (Wildman–Crippen LogP) is 1.79. The van der Waals surface area contributed by atoms with Gasteiger partial charge in [0.2, 0.25) is 5.88 Å². The number of hydrogen-bond donors (Lipinski definition) is 1. The van der Waals surface area contributed by atoms with Gasteiger partial charge in [-0.15, -0.1) is 0 Å². The van der Waals surface area contributed by atoms with Gasteiger partial charge in [0.1, 0.15) is 0 Å². The van der Waals surface area contributed by atoms with Gasteiger partial charge in [-0.05, 0) is 13.8 Å². The summed E-state index contributed by atoms with van der Waals surface area (Å²) in [5.41, 5.74) is 0.810. The molecule has 1 aromatic rings. The zero-order valence-corrected chi connectivity index (χ0v) is 7.40. The summed E-state index contributed by atoms with van der Waals surface area (Å²) in [5, 5.41) is 4.97. The second-order valence-electron chi connectivity index (χ2n) is 2.67. The first-order valence-corrected chi connectivity index (χ1v) is 3.63. The molecule has 0 spiro atoms. The van der Waals surface area contributed by atoms with E-state index in [9.17, 15) is 18.0 Å². The first kappa shape index (κ1) is 10.6. The first-order valence-electron chi connectivity index (χ1n) is 3.63. The molecule has 0 unspecified atom stereocenters. The van der Waals surface area contributed by atoms with Crippen LogP contribution in [0.15, 0.2) is 4.52 Å². The minimum absolute atomic E-state index is 0.273. The molecule has 0 aliphatic rings. The molecule has 0 atom stereocenters. The van der Waals surface area contributed by atoms with E-state index >= 15 is 0 Å². The highest BCUT2D eigenvalue weighted by atomic mass is 19.4. The predicted molar refractivity (Wildman–Crippen MR) is 40.7 cm³/mol. The number of nitrogens with one attached hydrogen (secondary N) is 1. The van der Waals surface area contributed by atoms with Crippen LogP contribution in [0.4, 0.5) is 19.1 Å². The van der Waals surface area contributed by atoms with Crippen LogP contribution in [-0.4, -0.2) is 17.2 Å². The number of nitrogens with zero attached hydrogens (tertiary/aromatic N) is 1. The third-order valence-corrected chi connectivity index (χ3v) is 1.64. The van der Waals surface area contributed by atoms with Crippen molar-refractivity contribution < 1.29 is 22.5 Å². The van der Waals surface area contributed by atoms with Crippen molar-refractivity contribution in [2.75, 3.05) is 5.32 Å². The Balaban J connectivity index is 2.80. The van der Waals surface area contributed by atoms with Crippen molar-refractivity contribution in [3.05, 3.63) is 11.3 Å². The zero-order chi connectivity index (χ0) is 10.9. The van der Waals surface area contributed by atoms with Gasteiger partial charge in [-0.1, -0.05) is 5.16 Å². The summed E-state index contributed by atoms with van der Waals surface area (Å²) in [7, 11) is 0. The van der Waals surface area contributed by atoms with Crippen LogP contribution in [0.1, 0.15) is 11.3 Å². The third-order valence-electron chi connectivity index (χ3n) is 1.64. The van der Waals surface area contributed by atoms with Crippen LogP contribution in [-0.2, 0) is 4.79 Å². The van der Waals surface area contributed by atoms with Crippen LogP contribution in [0.5, 0.6) is 0 Å². The molecular formula is C7H7F3N2O2. The van der Waals surface area contributed by atoms with Gasteiger partial charge < -0.3 is 4.52 Å². The van der Waals surface area contributed by atoms with Crippen LogP contribution in [0, 0.1) is 13.8 Å². The van der Waals surface area contributed by atoms with Crippen molar-refractivity contribution in [2.24, 2.45) is 0 Å². The Labute approximate surface area is 77.1 Å². The van der Waals surface area contributed by atoms with Gasteiger partial charge in [0, 0.05) is 5.56 Å². The average Bonchev–Trinajstić information content (AvgIpc) is 2.34. The third kappa shape index (κ3) is 2.04. The molecule has 1 heterocycles. The lowest BCUT2D eigenvalue weighted by molar-refractivity contribution is -0.167. The fourth-order valence-corrected chi connectivity index (χ4v) is 0.706. The van der Waals surface area contributed by atoms with E-state index in [1.54, 1.807) is 12.2 Å². The highest BCUT2D eigenvalue weighted by molar-refractivity contribution is 5.94. The maximum absolute atomic E-state index is 11.8. The summed E-state index contributed by atoms with van der Waals surface area (Å²) in [4.78, 5) is 10.5. The molecule has 1 rings (SSSR count). The molecule has 0 saturated heterocycles. The molecule has 78 valence electrons. The van der Waals surface area contributed by atoms with Crippen molar-refractivity contribution in [2.45, 2.75) is 20.0 Å². The maximum atomic E-state index is 11.8. The van der Waals surface area contributed by atoms with E-state index in [0.717, 1.165) is 0 Å². The lowest BCUT2D eigenvalue weighted by atomic mass is 10.3. The van der Waals surface area contributed by atoms with Crippen molar-refractivity contribution in [3.63, 3.8) is 0 Å². The molecule has 0 aromatic carbocycles. The minimum Gasteiger partial charge on any atom is -0.338 e. The molecule has 1 N–H and O–H groups in total. The second kappa shape index (κ2) is 3.32. The summed E-state index contributed by atoms with van der Waals surface area (Å²) < 4.78 is 39.9. The van der Waals surface area contributed by atoms with Gasteiger partial charge in [-0.25, -0.2) is 0 Å². The standard InChI is InChI=1S/C7H7F3N2O2/c1-3-4(2)12-14-5(3)11-6(13)7(8,9)10/h1-2H3,(H,11,13). The fraction of sp³-hybridized carbons (Fsp3) is 0.429. The Kier molecular flexibility index (Phi) is 2.50. The Bertz CT molecular complexity index is 356. The Morgan fingerprint density at radius 3 is 2.36 bits per heavy atom. The van der Waals surface area contributed by atoms with E-state index < -0.39 is 12.1 Å². The van der Waals surface area contributed by atoms with Gasteiger partial charge in [0.15, 0.2) is 0 Å². The number of carbonyl (C=O) groups is 1. The number of aryl methyl sites for hydroxylation is 1. The number of carbonyl (C=O) groups excluding carboxylic acids is 1. The van der Waals surface area contributed by atoms with Gasteiger partial charge in [0.25, 0.3) is 0 Å². The van der Waals surface area contributed by atoms with Gasteiger partial charge in [0.05, 0.1) is 5.69 Å². The molecule has 0 aliphatic heterocycles. The number of amides is 1. The highest BCUT2D eigenvalue weighted by Crippen LogP contribution is 2.21. The van der Waals surface area contributed by atoms with E-state index in [0.29, 0.717) is 11.3 Å². The van der Waals surface area contributed by atoms with Crippen molar-refractivity contribution >= 4 is 11.8 Å². The minimum atomic E-state index is -4.92. The monoisotopic (exact) mass is 208 g/mol. The first-order chi connectivity index (χ1) is 6.32. The molecule has 1 aromatic heterocycles.